The van der Waals surface area contributed by atoms with Crippen molar-refractivity contribution in [1.29, 1.82) is 0 Å². The smallest absolute Gasteiger partial charge is 0.120 e. The molecule has 0 heterocycles. The summed E-state index contributed by atoms with van der Waals surface area (Å²) in [5.74, 6) is 5.24. The number of nitrogens with one attached hydrogen (secondary N) is 1. The fourth-order valence-corrected chi connectivity index (χ4v) is 1.33. The molecule has 0 aromatic heterocycles. The molecule has 0 fully saturated rings. The Hall–Kier alpha value is -0.930. The minimum Gasteiger partial charge on any atom is -0.314 e. The SMILES string of the molecule is CCc1ccccc1C(=S)NN. The van der Waals surface area contributed by atoms with Crippen LogP contribution in [0.1, 0.15) is 18.1 Å². The normalized spacial score (nSPS) is 9.50. The van der Waals surface area contributed by atoms with E-state index in [0.717, 1.165) is 12.0 Å². The van der Waals surface area contributed by atoms with Crippen molar-refractivity contribution in [3.8, 4) is 0 Å². The lowest BCUT2D eigenvalue weighted by atomic mass is 10.1. The first-order valence-electron chi connectivity index (χ1n) is 3.88. The van der Waals surface area contributed by atoms with E-state index >= 15 is 0 Å². The standard InChI is InChI=1S/C9H12N2S/c1-2-7-5-3-4-6-8(7)9(12)11-10/h3-6H,2,10H2,1H3,(H,11,12). The van der Waals surface area contributed by atoms with Crippen LogP contribution in [0.25, 0.3) is 0 Å². The predicted octanol–water partition coefficient (Wildman–Crippen LogP) is 1.39. The fraction of sp³-hybridized carbons (Fsp3) is 0.222. The lowest BCUT2D eigenvalue weighted by Crippen LogP contribution is -2.29. The van der Waals surface area contributed by atoms with Crippen LogP contribution >= 0.6 is 12.2 Å². The summed E-state index contributed by atoms with van der Waals surface area (Å²) in [5, 5.41) is 0. The summed E-state index contributed by atoms with van der Waals surface area (Å²) < 4.78 is 0. The van der Waals surface area contributed by atoms with Crippen molar-refractivity contribution in [3.63, 3.8) is 0 Å². The first-order chi connectivity index (χ1) is 5.79. The maximum atomic E-state index is 5.24. The molecule has 0 radical (unpaired) electrons. The van der Waals surface area contributed by atoms with Gasteiger partial charge in [-0.1, -0.05) is 43.4 Å². The van der Waals surface area contributed by atoms with Crippen LogP contribution in [0.4, 0.5) is 0 Å². The second-order valence-electron chi connectivity index (χ2n) is 2.48. The van der Waals surface area contributed by atoms with Gasteiger partial charge in [0.1, 0.15) is 4.99 Å². The summed E-state index contributed by atoms with van der Waals surface area (Å²) >= 11 is 5.04. The highest BCUT2D eigenvalue weighted by molar-refractivity contribution is 7.80. The number of hydrogen-bond donors (Lipinski definition) is 2. The molecule has 0 aliphatic carbocycles. The van der Waals surface area contributed by atoms with Crippen LogP contribution in [0.3, 0.4) is 0 Å². The highest BCUT2D eigenvalue weighted by Gasteiger charge is 2.02. The maximum Gasteiger partial charge on any atom is 0.120 e. The summed E-state index contributed by atoms with van der Waals surface area (Å²) in [6.07, 6.45) is 0.970. The quantitative estimate of drug-likeness (QED) is 0.410. The Labute approximate surface area is 77.7 Å². The third-order valence-corrected chi connectivity index (χ3v) is 2.11. The first kappa shape index (κ1) is 9.16. The number of rotatable bonds is 2. The van der Waals surface area contributed by atoms with Gasteiger partial charge in [-0.05, 0) is 12.0 Å². The molecule has 0 bridgehead atoms. The summed E-state index contributed by atoms with van der Waals surface area (Å²) in [7, 11) is 0. The molecule has 1 rings (SSSR count). The minimum atomic E-state index is 0.604. The first-order valence-corrected chi connectivity index (χ1v) is 4.29. The Morgan fingerprint density at radius 1 is 1.50 bits per heavy atom. The second kappa shape index (κ2) is 4.18. The van der Waals surface area contributed by atoms with Gasteiger partial charge in [-0.2, -0.15) is 0 Å². The highest BCUT2D eigenvalue weighted by Crippen LogP contribution is 2.09. The van der Waals surface area contributed by atoms with Crippen LogP contribution in [0.2, 0.25) is 0 Å². The van der Waals surface area contributed by atoms with Gasteiger partial charge < -0.3 is 5.43 Å². The Balaban J connectivity index is 3.04. The molecular formula is C9H12N2S. The maximum absolute atomic E-state index is 5.24. The number of hydrazine groups is 1. The Bertz CT molecular complexity index is 284. The molecule has 0 spiro atoms. The van der Waals surface area contributed by atoms with Gasteiger partial charge in [0.15, 0.2) is 0 Å². The zero-order chi connectivity index (χ0) is 8.97. The number of thiocarbonyl (C=S) groups is 1. The molecule has 0 aliphatic rings. The van der Waals surface area contributed by atoms with Crippen LogP contribution in [0, 0.1) is 0 Å². The van der Waals surface area contributed by atoms with Crippen LogP contribution in [0.5, 0.6) is 0 Å². The molecule has 12 heavy (non-hydrogen) atoms. The largest absolute Gasteiger partial charge is 0.314 e. The fourth-order valence-electron chi connectivity index (χ4n) is 1.13. The molecule has 3 heteroatoms. The number of nitrogens with two attached hydrogens (primary N) is 1. The molecule has 0 atom stereocenters. The van der Waals surface area contributed by atoms with E-state index in [2.05, 4.69) is 18.4 Å². The van der Waals surface area contributed by atoms with Crippen LogP contribution in [-0.2, 0) is 6.42 Å². The predicted molar refractivity (Wildman–Crippen MR) is 54.8 cm³/mol. The van der Waals surface area contributed by atoms with Gasteiger partial charge in [-0.15, -0.1) is 0 Å². The Morgan fingerprint density at radius 2 is 2.17 bits per heavy atom. The van der Waals surface area contributed by atoms with Gasteiger partial charge in [-0.25, -0.2) is 5.84 Å². The van der Waals surface area contributed by atoms with E-state index in [9.17, 15) is 0 Å². The van der Waals surface area contributed by atoms with E-state index in [-0.39, 0.29) is 0 Å². The summed E-state index contributed by atoms with van der Waals surface area (Å²) in [5.41, 5.74) is 4.74. The van der Waals surface area contributed by atoms with Crippen molar-refractivity contribution in [3.05, 3.63) is 35.4 Å². The summed E-state index contributed by atoms with van der Waals surface area (Å²) in [6, 6.07) is 7.99. The average molecular weight is 180 g/mol. The molecule has 0 aliphatic heterocycles. The molecule has 0 saturated carbocycles. The molecular weight excluding hydrogens is 168 g/mol. The third-order valence-electron chi connectivity index (χ3n) is 1.77. The van der Waals surface area contributed by atoms with E-state index in [4.69, 9.17) is 18.1 Å². The second-order valence-corrected chi connectivity index (χ2v) is 2.89. The van der Waals surface area contributed by atoms with E-state index in [1.54, 1.807) is 0 Å². The van der Waals surface area contributed by atoms with Gasteiger partial charge in [-0.3, -0.25) is 0 Å². The molecule has 0 saturated heterocycles. The van der Waals surface area contributed by atoms with E-state index < -0.39 is 0 Å². The molecule has 3 N–H and O–H groups in total. The van der Waals surface area contributed by atoms with Gasteiger partial charge >= 0.3 is 0 Å². The topological polar surface area (TPSA) is 38.0 Å². The highest BCUT2D eigenvalue weighted by atomic mass is 32.1. The van der Waals surface area contributed by atoms with E-state index in [1.165, 1.54) is 5.56 Å². The lowest BCUT2D eigenvalue weighted by Gasteiger charge is -2.07. The Kier molecular flexibility index (Phi) is 3.19. The van der Waals surface area contributed by atoms with Crippen molar-refractivity contribution >= 4 is 17.2 Å². The number of hydrogen-bond acceptors (Lipinski definition) is 2. The van der Waals surface area contributed by atoms with Crippen molar-refractivity contribution < 1.29 is 0 Å². The van der Waals surface area contributed by atoms with Crippen molar-refractivity contribution in [2.24, 2.45) is 5.84 Å². The number of benzene rings is 1. The van der Waals surface area contributed by atoms with Crippen molar-refractivity contribution in [1.82, 2.24) is 5.43 Å². The van der Waals surface area contributed by atoms with Gasteiger partial charge in [0, 0.05) is 5.56 Å². The van der Waals surface area contributed by atoms with Crippen molar-refractivity contribution in [2.45, 2.75) is 13.3 Å². The van der Waals surface area contributed by atoms with Gasteiger partial charge in [0.2, 0.25) is 0 Å². The monoisotopic (exact) mass is 180 g/mol. The molecule has 0 amide bonds. The Morgan fingerprint density at radius 3 is 2.75 bits per heavy atom. The third kappa shape index (κ3) is 1.81. The zero-order valence-corrected chi connectivity index (χ0v) is 7.82. The molecule has 1 aromatic rings. The van der Waals surface area contributed by atoms with Crippen LogP contribution in [-0.4, -0.2) is 4.99 Å². The number of aryl methyl sites for hydroxylation is 1. The molecule has 2 nitrogen and oxygen atoms in total. The van der Waals surface area contributed by atoms with E-state index in [1.807, 2.05) is 18.2 Å². The van der Waals surface area contributed by atoms with Gasteiger partial charge in [0.05, 0.1) is 0 Å². The molecule has 64 valence electrons. The summed E-state index contributed by atoms with van der Waals surface area (Å²) in [4.78, 5) is 0.604. The minimum absolute atomic E-state index is 0.604. The van der Waals surface area contributed by atoms with E-state index in [0.29, 0.717) is 4.99 Å². The average Bonchev–Trinajstić information content (AvgIpc) is 2.16. The van der Waals surface area contributed by atoms with Crippen LogP contribution in [0.15, 0.2) is 24.3 Å². The lowest BCUT2D eigenvalue weighted by molar-refractivity contribution is 1.04. The van der Waals surface area contributed by atoms with Gasteiger partial charge in [0.25, 0.3) is 0 Å². The summed E-state index contributed by atoms with van der Waals surface area (Å²) in [6.45, 7) is 2.10. The van der Waals surface area contributed by atoms with Crippen LogP contribution < -0.4 is 11.3 Å². The zero-order valence-electron chi connectivity index (χ0n) is 7.00. The molecule has 0 unspecified atom stereocenters. The molecule has 1 aromatic carbocycles. The van der Waals surface area contributed by atoms with Crippen molar-refractivity contribution in [2.75, 3.05) is 0 Å².